The van der Waals surface area contributed by atoms with Crippen molar-refractivity contribution in [2.75, 3.05) is 6.54 Å². The van der Waals surface area contributed by atoms with E-state index in [2.05, 4.69) is 46.4 Å². The number of benzene rings is 1. The van der Waals surface area contributed by atoms with Crippen molar-refractivity contribution in [2.45, 2.75) is 63.8 Å². The number of hydrogen-bond donors (Lipinski definition) is 1. The summed E-state index contributed by atoms with van der Waals surface area (Å²) in [7, 11) is 0. The van der Waals surface area contributed by atoms with Crippen molar-refractivity contribution >= 4 is 15.9 Å². The normalized spacial score (nSPS) is 34.3. The van der Waals surface area contributed by atoms with Crippen LogP contribution in [0.15, 0.2) is 22.7 Å². The SMILES string of the molecule is CC1CCC(c2ccc(Br)cc2C2CC3(CCC3)CN2)C1. The minimum absolute atomic E-state index is 0.591. The van der Waals surface area contributed by atoms with Crippen LogP contribution < -0.4 is 5.32 Å². The number of halogens is 1. The largest absolute Gasteiger partial charge is 0.309 e. The molecule has 1 nitrogen and oxygen atoms in total. The fourth-order valence-electron chi connectivity index (χ4n) is 4.90. The molecule has 3 fully saturated rings. The zero-order chi connectivity index (χ0) is 14.4. The molecule has 0 amide bonds. The number of nitrogens with one attached hydrogen (secondary N) is 1. The van der Waals surface area contributed by atoms with Gasteiger partial charge in [-0.1, -0.05) is 41.8 Å². The Kier molecular flexibility index (Phi) is 3.66. The number of hydrogen-bond acceptors (Lipinski definition) is 1. The molecular formula is C19H26BrN. The second-order valence-electron chi connectivity index (χ2n) is 7.88. The zero-order valence-electron chi connectivity index (χ0n) is 13.0. The molecule has 2 saturated carbocycles. The molecular weight excluding hydrogens is 322 g/mol. The van der Waals surface area contributed by atoms with Gasteiger partial charge >= 0.3 is 0 Å². The van der Waals surface area contributed by atoms with E-state index in [4.69, 9.17) is 0 Å². The molecule has 114 valence electrons. The third kappa shape index (κ3) is 2.59. The van der Waals surface area contributed by atoms with Gasteiger partial charge < -0.3 is 5.32 Å². The summed E-state index contributed by atoms with van der Waals surface area (Å²) in [5, 5.41) is 3.85. The molecule has 1 saturated heterocycles. The van der Waals surface area contributed by atoms with Crippen LogP contribution >= 0.6 is 15.9 Å². The van der Waals surface area contributed by atoms with Crippen LogP contribution in [0.5, 0.6) is 0 Å². The second kappa shape index (κ2) is 5.38. The molecule has 0 aromatic heterocycles. The lowest BCUT2D eigenvalue weighted by Crippen LogP contribution is -2.31. The van der Waals surface area contributed by atoms with Crippen molar-refractivity contribution in [2.24, 2.45) is 11.3 Å². The van der Waals surface area contributed by atoms with Crippen molar-refractivity contribution in [1.82, 2.24) is 5.32 Å². The van der Waals surface area contributed by atoms with E-state index in [0.717, 1.165) is 11.8 Å². The predicted octanol–water partition coefficient (Wildman–Crippen LogP) is 5.56. The Morgan fingerprint density at radius 3 is 2.67 bits per heavy atom. The summed E-state index contributed by atoms with van der Waals surface area (Å²) in [5.41, 5.74) is 3.87. The highest BCUT2D eigenvalue weighted by molar-refractivity contribution is 9.10. The topological polar surface area (TPSA) is 12.0 Å². The van der Waals surface area contributed by atoms with Gasteiger partial charge in [0.1, 0.15) is 0 Å². The minimum Gasteiger partial charge on any atom is -0.309 e. The van der Waals surface area contributed by atoms with Crippen LogP contribution in [0.4, 0.5) is 0 Å². The molecule has 2 aliphatic carbocycles. The average molecular weight is 348 g/mol. The highest BCUT2D eigenvalue weighted by Gasteiger charge is 2.44. The summed E-state index contributed by atoms with van der Waals surface area (Å²) in [6, 6.07) is 7.63. The van der Waals surface area contributed by atoms with Gasteiger partial charge in [0.05, 0.1) is 0 Å². The Balaban J connectivity index is 1.62. The van der Waals surface area contributed by atoms with Crippen LogP contribution in [0.2, 0.25) is 0 Å². The first kappa shape index (κ1) is 14.3. The van der Waals surface area contributed by atoms with E-state index in [0.29, 0.717) is 11.5 Å². The van der Waals surface area contributed by atoms with Crippen molar-refractivity contribution in [1.29, 1.82) is 0 Å². The Hall–Kier alpha value is -0.340. The van der Waals surface area contributed by atoms with Crippen LogP contribution in [-0.4, -0.2) is 6.54 Å². The molecule has 21 heavy (non-hydrogen) atoms. The van der Waals surface area contributed by atoms with Gasteiger partial charge in [-0.05, 0) is 72.6 Å². The first-order valence-electron chi connectivity index (χ1n) is 8.68. The van der Waals surface area contributed by atoms with Crippen LogP contribution in [0.1, 0.15) is 75.0 Å². The Bertz CT molecular complexity index is 534. The van der Waals surface area contributed by atoms with Gasteiger partial charge in [-0.15, -0.1) is 0 Å². The first-order chi connectivity index (χ1) is 10.2. The highest BCUT2D eigenvalue weighted by Crippen LogP contribution is 2.52. The fraction of sp³-hybridized carbons (Fsp3) is 0.684. The molecule has 2 heteroatoms. The molecule has 1 aromatic carbocycles. The smallest absolute Gasteiger partial charge is 0.0329 e. The summed E-state index contributed by atoms with van der Waals surface area (Å²) in [6.45, 7) is 3.65. The van der Waals surface area contributed by atoms with E-state index < -0.39 is 0 Å². The maximum Gasteiger partial charge on any atom is 0.0329 e. The van der Waals surface area contributed by atoms with E-state index in [1.807, 2.05) is 0 Å². The third-order valence-corrected chi connectivity index (χ3v) is 6.83. The van der Waals surface area contributed by atoms with Crippen molar-refractivity contribution < 1.29 is 0 Å². The highest BCUT2D eigenvalue weighted by atomic mass is 79.9. The lowest BCUT2D eigenvalue weighted by molar-refractivity contribution is 0.158. The lowest BCUT2D eigenvalue weighted by Gasteiger charge is -2.37. The average Bonchev–Trinajstić information content (AvgIpc) is 3.04. The molecule has 3 unspecified atom stereocenters. The summed E-state index contributed by atoms with van der Waals surface area (Å²) in [5.74, 6) is 1.70. The maximum atomic E-state index is 3.85. The molecule has 1 aromatic rings. The molecule has 4 rings (SSSR count). The van der Waals surface area contributed by atoms with Gasteiger partial charge in [0, 0.05) is 17.1 Å². The molecule has 0 bridgehead atoms. The summed E-state index contributed by atoms with van der Waals surface area (Å²) in [6.07, 6.45) is 9.86. The van der Waals surface area contributed by atoms with Gasteiger partial charge in [0.2, 0.25) is 0 Å². The first-order valence-corrected chi connectivity index (χ1v) is 9.47. The third-order valence-electron chi connectivity index (χ3n) is 6.33. The molecule has 3 atom stereocenters. The molecule has 1 heterocycles. The Morgan fingerprint density at radius 1 is 1.19 bits per heavy atom. The van der Waals surface area contributed by atoms with Gasteiger partial charge in [0.25, 0.3) is 0 Å². The van der Waals surface area contributed by atoms with E-state index >= 15 is 0 Å². The standard InChI is InChI=1S/C19H26BrN/c1-13-3-4-14(9-13)16-6-5-15(20)10-17(16)18-11-19(12-21-18)7-2-8-19/h5-6,10,13-14,18,21H,2-4,7-9,11-12H2,1H3. The minimum atomic E-state index is 0.591. The summed E-state index contributed by atoms with van der Waals surface area (Å²) >= 11 is 3.70. The van der Waals surface area contributed by atoms with Crippen LogP contribution in [0, 0.1) is 11.3 Å². The van der Waals surface area contributed by atoms with Crippen LogP contribution in [0.25, 0.3) is 0 Å². The molecule has 1 spiro atoms. The van der Waals surface area contributed by atoms with E-state index in [9.17, 15) is 0 Å². The molecule has 1 N–H and O–H groups in total. The van der Waals surface area contributed by atoms with E-state index in [1.54, 1.807) is 11.1 Å². The predicted molar refractivity (Wildman–Crippen MR) is 91.5 cm³/mol. The molecule has 3 aliphatic rings. The van der Waals surface area contributed by atoms with Crippen molar-refractivity contribution in [3.05, 3.63) is 33.8 Å². The second-order valence-corrected chi connectivity index (χ2v) is 8.80. The maximum absolute atomic E-state index is 3.85. The summed E-state index contributed by atoms with van der Waals surface area (Å²) < 4.78 is 1.24. The Labute approximate surface area is 137 Å². The quantitative estimate of drug-likeness (QED) is 0.738. The number of rotatable bonds is 2. The van der Waals surface area contributed by atoms with Gasteiger partial charge in [0.15, 0.2) is 0 Å². The van der Waals surface area contributed by atoms with E-state index in [1.165, 1.54) is 56.0 Å². The van der Waals surface area contributed by atoms with Crippen molar-refractivity contribution in [3.8, 4) is 0 Å². The lowest BCUT2D eigenvalue weighted by atomic mass is 9.67. The summed E-state index contributed by atoms with van der Waals surface area (Å²) in [4.78, 5) is 0. The Morgan fingerprint density at radius 2 is 2.05 bits per heavy atom. The monoisotopic (exact) mass is 347 g/mol. The van der Waals surface area contributed by atoms with Crippen LogP contribution in [-0.2, 0) is 0 Å². The van der Waals surface area contributed by atoms with Gasteiger partial charge in [-0.2, -0.15) is 0 Å². The fourth-order valence-corrected chi connectivity index (χ4v) is 5.28. The van der Waals surface area contributed by atoms with Gasteiger partial charge in [-0.25, -0.2) is 0 Å². The van der Waals surface area contributed by atoms with E-state index in [-0.39, 0.29) is 0 Å². The van der Waals surface area contributed by atoms with Crippen LogP contribution in [0.3, 0.4) is 0 Å². The molecule has 1 aliphatic heterocycles. The molecule has 0 radical (unpaired) electrons. The zero-order valence-corrected chi connectivity index (χ0v) is 14.6. The van der Waals surface area contributed by atoms with Gasteiger partial charge in [-0.3, -0.25) is 0 Å². The van der Waals surface area contributed by atoms with Crippen molar-refractivity contribution in [3.63, 3.8) is 0 Å².